The number of Topliss-reactive ketones (excluding diaryl/α,β-unsaturated/α-hetero) is 1. The van der Waals surface area contributed by atoms with E-state index in [0.29, 0.717) is 10.6 Å². The lowest BCUT2D eigenvalue weighted by atomic mass is 9.83. The number of rotatable bonds is 1. The van der Waals surface area contributed by atoms with E-state index in [1.165, 1.54) is 0 Å². The topological polar surface area (TPSA) is 46.5 Å². The Hall–Kier alpha value is -0.840. The summed E-state index contributed by atoms with van der Waals surface area (Å²) in [5, 5.41) is 10.8. The first-order valence-corrected chi connectivity index (χ1v) is 7.37. The maximum absolute atomic E-state index is 12.6. The maximum atomic E-state index is 12.6. The molecule has 1 aliphatic heterocycles. The second kappa shape index (κ2) is 4.86. The number of aliphatic hydroxyl groups is 1. The van der Waals surface area contributed by atoms with Crippen LogP contribution in [0.3, 0.4) is 0 Å². The van der Waals surface area contributed by atoms with Crippen LogP contribution < -0.4 is 0 Å². The summed E-state index contributed by atoms with van der Waals surface area (Å²) in [5.41, 5.74) is -1.24. The normalized spacial score (nSPS) is 21.2. The summed E-state index contributed by atoms with van der Waals surface area (Å²) in [5.74, 6) is -0.379. The van der Waals surface area contributed by atoms with Crippen LogP contribution in [0, 0.1) is 0 Å². The quantitative estimate of drug-likeness (QED) is 0.801. The van der Waals surface area contributed by atoms with Crippen LogP contribution in [-0.2, 0) is 9.53 Å². The van der Waals surface area contributed by atoms with Gasteiger partial charge in [0.2, 0.25) is 0 Å². The third kappa shape index (κ3) is 2.52. The van der Waals surface area contributed by atoms with Crippen LogP contribution in [0.4, 0.5) is 0 Å². The number of ether oxygens (including phenoxy) is 1. The molecule has 20 heavy (non-hydrogen) atoms. The first-order chi connectivity index (χ1) is 9.06. The fourth-order valence-electron chi connectivity index (χ4n) is 2.38. The van der Waals surface area contributed by atoms with Crippen molar-refractivity contribution in [1.29, 1.82) is 0 Å². The van der Waals surface area contributed by atoms with Crippen molar-refractivity contribution in [2.45, 2.75) is 38.9 Å². The Balaban J connectivity index is 2.74. The van der Waals surface area contributed by atoms with Crippen LogP contribution >= 0.6 is 27.5 Å². The lowest BCUT2D eigenvalue weighted by Gasteiger charge is -2.40. The van der Waals surface area contributed by atoms with Gasteiger partial charge in [0.05, 0.1) is 5.57 Å². The van der Waals surface area contributed by atoms with Gasteiger partial charge in [-0.3, -0.25) is 4.79 Å². The molecule has 0 atom stereocenters. The second-order valence-electron chi connectivity index (χ2n) is 5.80. The third-order valence-corrected chi connectivity index (χ3v) is 4.11. The van der Waals surface area contributed by atoms with Gasteiger partial charge in [0, 0.05) is 15.1 Å². The molecule has 1 aromatic rings. The number of ketones is 1. The zero-order valence-corrected chi connectivity index (χ0v) is 14.1. The minimum Gasteiger partial charge on any atom is -0.508 e. The first-order valence-electron chi connectivity index (χ1n) is 6.20. The van der Waals surface area contributed by atoms with Crippen molar-refractivity contribution < 1.29 is 14.6 Å². The molecule has 0 aliphatic carbocycles. The highest BCUT2D eigenvalue weighted by Crippen LogP contribution is 2.42. The van der Waals surface area contributed by atoms with Crippen molar-refractivity contribution in [3.63, 3.8) is 0 Å². The number of carbonyl (C=O) groups excluding carboxylic acids is 1. The van der Waals surface area contributed by atoms with E-state index in [0.717, 1.165) is 4.47 Å². The standard InChI is InChI=1S/C15H16BrClO3/c1-14(2)12(18)11(13(19)15(3,4)20-14)9-7-8(16)5-6-10(9)17/h5-7,18H,1-4H3. The molecule has 0 spiro atoms. The lowest BCUT2D eigenvalue weighted by Crippen LogP contribution is -2.49. The van der Waals surface area contributed by atoms with E-state index in [1.807, 2.05) is 0 Å². The van der Waals surface area contributed by atoms with Crippen molar-refractivity contribution in [2.75, 3.05) is 0 Å². The Morgan fingerprint density at radius 2 is 1.80 bits per heavy atom. The van der Waals surface area contributed by atoms with Gasteiger partial charge in [-0.15, -0.1) is 0 Å². The molecule has 0 saturated heterocycles. The first kappa shape index (κ1) is 15.5. The molecule has 0 saturated carbocycles. The summed E-state index contributed by atoms with van der Waals surface area (Å²) < 4.78 is 6.48. The average Bonchev–Trinajstić information content (AvgIpc) is 2.30. The second-order valence-corrected chi connectivity index (χ2v) is 7.12. The van der Waals surface area contributed by atoms with Crippen molar-refractivity contribution in [3.05, 3.63) is 39.0 Å². The van der Waals surface area contributed by atoms with Gasteiger partial charge in [-0.05, 0) is 45.9 Å². The van der Waals surface area contributed by atoms with Crippen molar-refractivity contribution in [3.8, 4) is 0 Å². The summed E-state index contributed by atoms with van der Waals surface area (Å²) in [6.07, 6.45) is 0. The van der Waals surface area contributed by atoms with Gasteiger partial charge < -0.3 is 9.84 Å². The van der Waals surface area contributed by atoms with Crippen molar-refractivity contribution in [2.24, 2.45) is 0 Å². The summed E-state index contributed by atoms with van der Waals surface area (Å²) in [4.78, 5) is 12.6. The van der Waals surface area contributed by atoms with Gasteiger partial charge in [0.25, 0.3) is 0 Å². The summed E-state index contributed by atoms with van der Waals surface area (Å²) in [6, 6.07) is 5.19. The molecule has 0 aromatic heterocycles. The van der Waals surface area contributed by atoms with Crippen LogP contribution in [0.25, 0.3) is 5.57 Å². The van der Waals surface area contributed by atoms with Gasteiger partial charge in [0.15, 0.2) is 5.78 Å². The van der Waals surface area contributed by atoms with Gasteiger partial charge in [-0.25, -0.2) is 0 Å². The maximum Gasteiger partial charge on any atom is 0.198 e. The van der Waals surface area contributed by atoms with Gasteiger partial charge >= 0.3 is 0 Å². The zero-order chi connectivity index (χ0) is 15.3. The summed E-state index contributed by atoms with van der Waals surface area (Å²) in [6.45, 7) is 6.83. The minimum absolute atomic E-state index is 0.0955. The molecule has 3 nitrogen and oxygen atoms in total. The summed E-state index contributed by atoms with van der Waals surface area (Å²) in [7, 11) is 0. The Labute approximate surface area is 131 Å². The highest BCUT2D eigenvalue weighted by molar-refractivity contribution is 9.10. The van der Waals surface area contributed by atoms with Crippen LogP contribution in [0.15, 0.2) is 28.4 Å². The van der Waals surface area contributed by atoms with E-state index in [-0.39, 0.29) is 17.1 Å². The molecule has 1 aromatic carbocycles. The fraction of sp³-hybridized carbons (Fsp3) is 0.400. The molecule has 0 bridgehead atoms. The van der Waals surface area contributed by atoms with E-state index in [2.05, 4.69) is 15.9 Å². The van der Waals surface area contributed by atoms with Gasteiger partial charge in [-0.1, -0.05) is 27.5 Å². The number of aliphatic hydroxyl groups excluding tert-OH is 1. The molecule has 0 amide bonds. The number of carbonyl (C=O) groups is 1. The SMILES string of the molecule is CC1(C)OC(C)(C)C(O)=C(c2cc(Br)ccc2Cl)C1=O. The van der Waals surface area contributed by atoms with Crippen molar-refractivity contribution in [1.82, 2.24) is 0 Å². The van der Waals surface area contributed by atoms with Crippen LogP contribution in [0.2, 0.25) is 5.02 Å². The van der Waals surface area contributed by atoms with Crippen molar-refractivity contribution >= 4 is 38.9 Å². The van der Waals surface area contributed by atoms with Crippen LogP contribution in [-0.4, -0.2) is 22.1 Å². The van der Waals surface area contributed by atoms with Crippen LogP contribution in [0.5, 0.6) is 0 Å². The molecule has 108 valence electrons. The smallest absolute Gasteiger partial charge is 0.198 e. The molecular formula is C15H16BrClO3. The molecule has 0 fully saturated rings. The Morgan fingerprint density at radius 3 is 2.40 bits per heavy atom. The van der Waals surface area contributed by atoms with Gasteiger partial charge in [-0.2, -0.15) is 0 Å². The Kier molecular flexibility index (Phi) is 3.78. The van der Waals surface area contributed by atoms with Crippen LogP contribution in [0.1, 0.15) is 33.3 Å². The Bertz CT molecular complexity index is 618. The van der Waals surface area contributed by atoms with E-state index in [1.54, 1.807) is 45.9 Å². The minimum atomic E-state index is -1.02. The fourth-order valence-corrected chi connectivity index (χ4v) is 2.95. The highest BCUT2D eigenvalue weighted by atomic mass is 79.9. The predicted molar refractivity (Wildman–Crippen MR) is 83.0 cm³/mol. The van der Waals surface area contributed by atoms with Gasteiger partial charge in [0.1, 0.15) is 17.0 Å². The molecular weight excluding hydrogens is 344 g/mol. The molecule has 1 aliphatic rings. The number of hydrogen-bond acceptors (Lipinski definition) is 3. The van der Waals surface area contributed by atoms with E-state index >= 15 is 0 Å². The third-order valence-electron chi connectivity index (χ3n) is 3.29. The molecule has 2 rings (SSSR count). The molecule has 5 heteroatoms. The zero-order valence-electron chi connectivity index (χ0n) is 11.8. The molecule has 1 heterocycles. The number of hydrogen-bond donors (Lipinski definition) is 1. The van der Waals surface area contributed by atoms with E-state index in [9.17, 15) is 9.90 Å². The van der Waals surface area contributed by atoms with E-state index < -0.39 is 11.2 Å². The lowest BCUT2D eigenvalue weighted by molar-refractivity contribution is -0.158. The Morgan fingerprint density at radius 1 is 1.20 bits per heavy atom. The number of benzene rings is 1. The summed E-state index contributed by atoms with van der Waals surface area (Å²) >= 11 is 9.54. The number of halogens is 2. The molecule has 1 N–H and O–H groups in total. The molecule has 0 radical (unpaired) electrons. The largest absolute Gasteiger partial charge is 0.508 e. The monoisotopic (exact) mass is 358 g/mol. The van der Waals surface area contributed by atoms with E-state index in [4.69, 9.17) is 16.3 Å². The predicted octanol–water partition coefficient (Wildman–Crippen LogP) is 4.53. The molecule has 0 unspecified atom stereocenters. The highest BCUT2D eigenvalue weighted by Gasteiger charge is 2.47. The average molecular weight is 360 g/mol.